The second-order valence-electron chi connectivity index (χ2n) is 3.39. The Morgan fingerprint density at radius 3 is 2.93 bits per heavy atom. The van der Waals surface area contributed by atoms with E-state index in [1.165, 1.54) is 0 Å². The fourth-order valence-corrected chi connectivity index (χ4v) is 1.55. The molecule has 0 aromatic carbocycles. The maximum absolute atomic E-state index is 9.93. The lowest BCUT2D eigenvalue weighted by molar-refractivity contribution is 0.162. The van der Waals surface area contributed by atoms with Gasteiger partial charge in [0.2, 0.25) is 0 Å². The number of hydrogen-bond donors (Lipinski definition) is 2. The Balaban J connectivity index is 2.93. The first-order chi connectivity index (χ1) is 7.24. The molecule has 5 heteroatoms. The molecule has 1 heterocycles. The van der Waals surface area contributed by atoms with Crippen molar-refractivity contribution in [2.45, 2.75) is 26.0 Å². The number of aliphatic hydroxyl groups is 1. The Bertz CT molecular complexity index is 299. The number of rotatable bonds is 6. The van der Waals surface area contributed by atoms with Crippen LogP contribution in [0.25, 0.3) is 0 Å². The quantitative estimate of drug-likeness (QED) is 0.724. The topological polar surface area (TPSA) is 59.3 Å². The van der Waals surface area contributed by atoms with Crippen molar-refractivity contribution in [3.8, 4) is 5.75 Å². The van der Waals surface area contributed by atoms with Crippen molar-refractivity contribution >= 4 is 0 Å². The molecule has 0 aliphatic carbocycles. The van der Waals surface area contributed by atoms with Crippen LogP contribution in [-0.2, 0) is 6.54 Å². The van der Waals surface area contributed by atoms with Gasteiger partial charge in [-0.25, -0.2) is 0 Å². The summed E-state index contributed by atoms with van der Waals surface area (Å²) in [5, 5.41) is 17.0. The molecule has 0 aliphatic rings. The van der Waals surface area contributed by atoms with Crippen molar-refractivity contribution in [2.24, 2.45) is 0 Å². The van der Waals surface area contributed by atoms with E-state index in [1.807, 2.05) is 0 Å². The SMILES string of the molecule is CCCn1ncc(OC)c1C(O)CNC. The van der Waals surface area contributed by atoms with Gasteiger partial charge in [0.15, 0.2) is 5.75 Å². The zero-order valence-corrected chi connectivity index (χ0v) is 9.53. The standard InChI is InChI=1S/C10H19N3O2/c1-4-5-13-10(8(14)6-11-2)9(15-3)7-12-13/h7-8,11,14H,4-6H2,1-3H3. The monoisotopic (exact) mass is 213 g/mol. The number of aryl methyl sites for hydroxylation is 1. The summed E-state index contributed by atoms with van der Waals surface area (Å²) in [7, 11) is 3.39. The molecule has 0 radical (unpaired) electrons. The fourth-order valence-electron chi connectivity index (χ4n) is 1.55. The van der Waals surface area contributed by atoms with E-state index in [0.29, 0.717) is 12.3 Å². The van der Waals surface area contributed by atoms with Gasteiger partial charge in [-0.1, -0.05) is 6.92 Å². The van der Waals surface area contributed by atoms with Crippen LogP contribution >= 0.6 is 0 Å². The average molecular weight is 213 g/mol. The Morgan fingerprint density at radius 1 is 1.67 bits per heavy atom. The maximum atomic E-state index is 9.93. The second kappa shape index (κ2) is 5.72. The maximum Gasteiger partial charge on any atom is 0.162 e. The highest BCUT2D eigenvalue weighted by Crippen LogP contribution is 2.24. The Morgan fingerprint density at radius 2 is 2.40 bits per heavy atom. The van der Waals surface area contributed by atoms with Crippen molar-refractivity contribution in [1.82, 2.24) is 15.1 Å². The highest BCUT2D eigenvalue weighted by Gasteiger charge is 2.18. The predicted molar refractivity (Wildman–Crippen MR) is 58.0 cm³/mol. The van der Waals surface area contributed by atoms with Gasteiger partial charge in [-0.05, 0) is 13.5 Å². The summed E-state index contributed by atoms with van der Waals surface area (Å²) in [5.74, 6) is 0.645. The van der Waals surface area contributed by atoms with Gasteiger partial charge in [0.1, 0.15) is 11.8 Å². The van der Waals surface area contributed by atoms with Crippen LogP contribution in [0.1, 0.15) is 25.1 Å². The van der Waals surface area contributed by atoms with Crippen LogP contribution in [0, 0.1) is 0 Å². The summed E-state index contributed by atoms with van der Waals surface area (Å²) >= 11 is 0. The summed E-state index contributed by atoms with van der Waals surface area (Å²) < 4.78 is 6.96. The van der Waals surface area contributed by atoms with Gasteiger partial charge in [0, 0.05) is 13.1 Å². The van der Waals surface area contributed by atoms with Crippen molar-refractivity contribution in [2.75, 3.05) is 20.7 Å². The first kappa shape index (κ1) is 12.0. The van der Waals surface area contributed by atoms with Gasteiger partial charge in [-0.3, -0.25) is 4.68 Å². The zero-order chi connectivity index (χ0) is 11.3. The lowest BCUT2D eigenvalue weighted by atomic mass is 10.2. The van der Waals surface area contributed by atoms with E-state index in [4.69, 9.17) is 4.74 Å². The largest absolute Gasteiger partial charge is 0.493 e. The van der Waals surface area contributed by atoms with Crippen LogP contribution in [0.5, 0.6) is 5.75 Å². The molecule has 5 nitrogen and oxygen atoms in total. The summed E-state index contributed by atoms with van der Waals surface area (Å²) in [6, 6.07) is 0. The number of methoxy groups -OCH3 is 1. The number of hydrogen-bond acceptors (Lipinski definition) is 4. The van der Waals surface area contributed by atoms with E-state index in [2.05, 4.69) is 17.3 Å². The van der Waals surface area contributed by atoms with E-state index >= 15 is 0 Å². The average Bonchev–Trinajstić information content (AvgIpc) is 2.62. The van der Waals surface area contributed by atoms with E-state index in [9.17, 15) is 5.11 Å². The first-order valence-corrected chi connectivity index (χ1v) is 5.16. The molecule has 0 spiro atoms. The minimum absolute atomic E-state index is 0.492. The molecule has 86 valence electrons. The Hall–Kier alpha value is -1.07. The molecule has 1 atom stereocenters. The molecule has 0 amide bonds. The summed E-state index contributed by atoms with van der Waals surface area (Å²) in [5.41, 5.74) is 0.744. The first-order valence-electron chi connectivity index (χ1n) is 5.16. The number of aliphatic hydroxyl groups excluding tert-OH is 1. The molecule has 0 saturated heterocycles. The third kappa shape index (κ3) is 2.70. The molecule has 1 unspecified atom stereocenters. The predicted octanol–water partition coefficient (Wildman–Crippen LogP) is 0.554. The zero-order valence-electron chi connectivity index (χ0n) is 9.53. The molecule has 0 aliphatic heterocycles. The highest BCUT2D eigenvalue weighted by molar-refractivity contribution is 5.27. The van der Waals surface area contributed by atoms with Gasteiger partial charge in [-0.2, -0.15) is 5.10 Å². The van der Waals surface area contributed by atoms with Crippen molar-refractivity contribution in [1.29, 1.82) is 0 Å². The molecule has 2 N–H and O–H groups in total. The highest BCUT2D eigenvalue weighted by atomic mass is 16.5. The van der Waals surface area contributed by atoms with E-state index in [0.717, 1.165) is 18.7 Å². The molecule has 15 heavy (non-hydrogen) atoms. The minimum atomic E-state index is -0.584. The van der Waals surface area contributed by atoms with E-state index in [-0.39, 0.29) is 0 Å². The van der Waals surface area contributed by atoms with Crippen LogP contribution in [0.4, 0.5) is 0 Å². The molecule has 1 aromatic heterocycles. The smallest absolute Gasteiger partial charge is 0.162 e. The number of aromatic nitrogens is 2. The third-order valence-electron chi connectivity index (χ3n) is 2.21. The van der Waals surface area contributed by atoms with Gasteiger partial charge in [-0.15, -0.1) is 0 Å². The molecular formula is C10H19N3O2. The van der Waals surface area contributed by atoms with Crippen LogP contribution in [0.3, 0.4) is 0 Å². The number of nitrogens with one attached hydrogen (secondary N) is 1. The van der Waals surface area contributed by atoms with Crippen molar-refractivity contribution in [3.63, 3.8) is 0 Å². The molecule has 1 aromatic rings. The van der Waals surface area contributed by atoms with Crippen molar-refractivity contribution in [3.05, 3.63) is 11.9 Å². The van der Waals surface area contributed by atoms with Crippen LogP contribution < -0.4 is 10.1 Å². The summed E-state index contributed by atoms with van der Waals surface area (Å²) in [4.78, 5) is 0. The number of ether oxygens (including phenoxy) is 1. The van der Waals surface area contributed by atoms with Crippen molar-refractivity contribution < 1.29 is 9.84 Å². The lowest BCUT2D eigenvalue weighted by Gasteiger charge is -2.14. The summed E-state index contributed by atoms with van der Waals surface area (Å²) in [6.07, 6.45) is 2.03. The minimum Gasteiger partial charge on any atom is -0.493 e. The van der Waals surface area contributed by atoms with E-state index in [1.54, 1.807) is 25.0 Å². The van der Waals surface area contributed by atoms with Gasteiger partial charge in [0.25, 0.3) is 0 Å². The lowest BCUT2D eigenvalue weighted by Crippen LogP contribution is -2.20. The second-order valence-corrected chi connectivity index (χ2v) is 3.39. The van der Waals surface area contributed by atoms with E-state index < -0.39 is 6.10 Å². The Labute approximate surface area is 90.1 Å². The normalized spacial score (nSPS) is 12.8. The third-order valence-corrected chi connectivity index (χ3v) is 2.21. The summed E-state index contributed by atoms with van der Waals surface area (Å²) in [6.45, 7) is 3.35. The molecular weight excluding hydrogens is 194 g/mol. The Kier molecular flexibility index (Phi) is 4.58. The van der Waals surface area contributed by atoms with Crippen LogP contribution in [0.15, 0.2) is 6.20 Å². The van der Waals surface area contributed by atoms with Crippen LogP contribution in [0.2, 0.25) is 0 Å². The number of nitrogens with zero attached hydrogens (tertiary/aromatic N) is 2. The van der Waals surface area contributed by atoms with Gasteiger partial charge >= 0.3 is 0 Å². The fraction of sp³-hybridized carbons (Fsp3) is 0.700. The molecule has 0 bridgehead atoms. The van der Waals surface area contributed by atoms with Crippen LogP contribution in [-0.4, -0.2) is 35.6 Å². The number of likely N-dealkylation sites (N-methyl/N-ethyl adjacent to an activating group) is 1. The van der Waals surface area contributed by atoms with Gasteiger partial charge < -0.3 is 15.2 Å². The van der Waals surface area contributed by atoms with Gasteiger partial charge in [0.05, 0.1) is 13.3 Å². The molecule has 0 saturated carbocycles. The molecule has 1 rings (SSSR count). The molecule has 0 fully saturated rings.